The Kier molecular flexibility index (Phi) is 5.57. The molecule has 0 aliphatic heterocycles. The molecule has 0 spiro atoms. The average Bonchev–Trinajstić information content (AvgIpc) is 3.53. The fraction of sp³-hybridized carbons (Fsp3) is 0. The van der Waals surface area contributed by atoms with Gasteiger partial charge in [-0.25, -0.2) is 9.97 Å². The SMILES string of the molecule is c1ccc(-c2ccc3ccc4ccc(-c5ccc6c(ccc7cc(-c8cccc9c8oc8ccccc89)ccc76)c5)nc4c3n2)cc1. The van der Waals surface area contributed by atoms with Gasteiger partial charge in [-0.05, 0) is 57.4 Å². The highest BCUT2D eigenvalue weighted by atomic mass is 16.3. The van der Waals surface area contributed by atoms with Gasteiger partial charge in [0.15, 0.2) is 0 Å². The van der Waals surface area contributed by atoms with E-state index in [1.54, 1.807) is 0 Å². The van der Waals surface area contributed by atoms with Crippen LogP contribution in [0.4, 0.5) is 0 Å². The van der Waals surface area contributed by atoms with Crippen LogP contribution < -0.4 is 0 Å². The number of nitrogens with zero attached hydrogens (tertiary/aromatic N) is 2. The lowest BCUT2D eigenvalue weighted by atomic mass is 9.95. The van der Waals surface area contributed by atoms with Crippen LogP contribution in [-0.2, 0) is 0 Å². The molecule has 0 radical (unpaired) electrons. The monoisotopic (exact) mass is 598 g/mol. The first-order valence-electron chi connectivity index (χ1n) is 15.9. The summed E-state index contributed by atoms with van der Waals surface area (Å²) >= 11 is 0. The predicted octanol–water partition coefficient (Wildman–Crippen LogP) is 12.0. The summed E-state index contributed by atoms with van der Waals surface area (Å²) in [7, 11) is 0. The van der Waals surface area contributed by atoms with E-state index in [1.807, 2.05) is 30.3 Å². The van der Waals surface area contributed by atoms with Gasteiger partial charge in [0.2, 0.25) is 0 Å². The lowest BCUT2D eigenvalue weighted by molar-refractivity contribution is 0.670. The number of pyridine rings is 2. The average molecular weight is 599 g/mol. The Bertz CT molecular complexity index is 2850. The summed E-state index contributed by atoms with van der Waals surface area (Å²) in [5, 5.41) is 9.30. The zero-order chi connectivity index (χ0) is 30.9. The van der Waals surface area contributed by atoms with Gasteiger partial charge in [-0.1, -0.05) is 127 Å². The Morgan fingerprint density at radius 2 is 0.936 bits per heavy atom. The van der Waals surface area contributed by atoms with Crippen molar-refractivity contribution in [3.8, 4) is 33.6 Å². The quantitative estimate of drug-likeness (QED) is 0.190. The Hall–Kier alpha value is -6.32. The minimum Gasteiger partial charge on any atom is -0.455 e. The van der Waals surface area contributed by atoms with Crippen molar-refractivity contribution >= 4 is 65.3 Å². The smallest absolute Gasteiger partial charge is 0.143 e. The summed E-state index contributed by atoms with van der Waals surface area (Å²) in [4.78, 5) is 10.3. The summed E-state index contributed by atoms with van der Waals surface area (Å²) in [5.74, 6) is 0. The molecule has 0 aliphatic rings. The Morgan fingerprint density at radius 1 is 0.362 bits per heavy atom. The third-order valence-corrected chi connectivity index (χ3v) is 9.44. The third kappa shape index (κ3) is 4.14. The summed E-state index contributed by atoms with van der Waals surface area (Å²) in [6.07, 6.45) is 0. The number of furan rings is 1. The molecule has 0 atom stereocenters. The molecule has 47 heavy (non-hydrogen) atoms. The number of fused-ring (bicyclic) bond motifs is 9. The van der Waals surface area contributed by atoms with Crippen molar-refractivity contribution in [2.75, 3.05) is 0 Å². The summed E-state index contributed by atoms with van der Waals surface area (Å²) in [5.41, 5.74) is 10.0. The molecule has 0 aliphatic carbocycles. The van der Waals surface area contributed by atoms with Crippen LogP contribution in [-0.4, -0.2) is 9.97 Å². The normalized spacial score (nSPS) is 11.8. The largest absolute Gasteiger partial charge is 0.455 e. The highest BCUT2D eigenvalue weighted by Gasteiger charge is 2.14. The lowest BCUT2D eigenvalue weighted by Crippen LogP contribution is -1.91. The standard InChI is InChI=1S/C44H26N2O/c1-2-7-27(8-3-1)39-23-19-28-13-14-29-20-24-40(46-43(29)42(28)45-39)33-18-22-35-31(26-33)16-15-30-25-32(17-21-34(30)35)36-10-6-11-38-37-9-4-5-12-41(37)47-44(36)38/h1-26H. The highest BCUT2D eigenvalue weighted by molar-refractivity contribution is 6.12. The van der Waals surface area contributed by atoms with Gasteiger partial charge in [-0.3, -0.25) is 0 Å². The molecule has 0 saturated carbocycles. The molecule has 0 fully saturated rings. The van der Waals surface area contributed by atoms with Crippen LogP contribution in [0.1, 0.15) is 0 Å². The molecule has 218 valence electrons. The van der Waals surface area contributed by atoms with Gasteiger partial charge >= 0.3 is 0 Å². The number of benzene rings is 7. The Balaban J connectivity index is 1.06. The Morgan fingerprint density at radius 3 is 1.68 bits per heavy atom. The fourth-order valence-electron chi connectivity index (χ4n) is 7.07. The van der Waals surface area contributed by atoms with Crippen LogP contribution in [0.15, 0.2) is 162 Å². The minimum absolute atomic E-state index is 0.917. The maximum absolute atomic E-state index is 6.34. The van der Waals surface area contributed by atoms with Crippen molar-refractivity contribution in [3.05, 3.63) is 158 Å². The van der Waals surface area contributed by atoms with Crippen molar-refractivity contribution < 1.29 is 4.42 Å². The molecule has 3 nitrogen and oxygen atoms in total. The van der Waals surface area contributed by atoms with Crippen LogP contribution in [0, 0.1) is 0 Å². The summed E-state index contributed by atoms with van der Waals surface area (Å²) < 4.78 is 6.34. The van der Waals surface area contributed by atoms with Crippen molar-refractivity contribution in [2.45, 2.75) is 0 Å². The molecule has 10 aromatic rings. The fourth-order valence-corrected chi connectivity index (χ4v) is 7.07. The topological polar surface area (TPSA) is 38.9 Å². The predicted molar refractivity (Wildman–Crippen MR) is 196 cm³/mol. The van der Waals surface area contributed by atoms with Gasteiger partial charge in [-0.15, -0.1) is 0 Å². The molecule has 3 heterocycles. The van der Waals surface area contributed by atoms with E-state index in [2.05, 4.69) is 127 Å². The van der Waals surface area contributed by atoms with Crippen molar-refractivity contribution in [3.63, 3.8) is 0 Å². The molecule has 3 aromatic heterocycles. The molecular weight excluding hydrogens is 572 g/mol. The maximum atomic E-state index is 6.34. The summed E-state index contributed by atoms with van der Waals surface area (Å²) in [6.45, 7) is 0. The maximum Gasteiger partial charge on any atom is 0.143 e. The van der Waals surface area contributed by atoms with E-state index in [1.165, 1.54) is 21.5 Å². The van der Waals surface area contributed by atoms with Gasteiger partial charge in [0, 0.05) is 38.2 Å². The van der Waals surface area contributed by atoms with Gasteiger partial charge in [0.1, 0.15) is 11.2 Å². The van der Waals surface area contributed by atoms with Gasteiger partial charge in [0.25, 0.3) is 0 Å². The third-order valence-electron chi connectivity index (χ3n) is 9.44. The zero-order valence-corrected chi connectivity index (χ0v) is 25.3. The van der Waals surface area contributed by atoms with E-state index in [0.29, 0.717) is 0 Å². The van der Waals surface area contributed by atoms with Crippen LogP contribution in [0.25, 0.3) is 98.9 Å². The van der Waals surface area contributed by atoms with Gasteiger partial charge < -0.3 is 4.42 Å². The number of rotatable bonds is 3. The van der Waals surface area contributed by atoms with E-state index in [4.69, 9.17) is 14.4 Å². The summed E-state index contributed by atoms with van der Waals surface area (Å²) in [6, 6.07) is 55.6. The number of hydrogen-bond acceptors (Lipinski definition) is 3. The van der Waals surface area contributed by atoms with Crippen LogP contribution in [0.2, 0.25) is 0 Å². The minimum atomic E-state index is 0.917. The second-order valence-corrected chi connectivity index (χ2v) is 12.2. The van der Waals surface area contributed by atoms with Crippen LogP contribution >= 0.6 is 0 Å². The molecule has 3 heteroatoms. The van der Waals surface area contributed by atoms with E-state index in [0.717, 1.165) is 77.4 Å². The second-order valence-electron chi connectivity index (χ2n) is 12.2. The van der Waals surface area contributed by atoms with E-state index in [-0.39, 0.29) is 0 Å². The van der Waals surface area contributed by atoms with E-state index >= 15 is 0 Å². The molecule has 0 amide bonds. The molecule has 10 rings (SSSR count). The zero-order valence-electron chi connectivity index (χ0n) is 25.3. The van der Waals surface area contributed by atoms with E-state index < -0.39 is 0 Å². The first kappa shape index (κ1) is 26.0. The molecule has 0 bridgehead atoms. The molecule has 0 N–H and O–H groups in total. The second kappa shape index (κ2) is 10.1. The van der Waals surface area contributed by atoms with E-state index in [9.17, 15) is 0 Å². The molecule has 0 saturated heterocycles. The van der Waals surface area contributed by atoms with Crippen molar-refractivity contribution in [1.29, 1.82) is 0 Å². The first-order chi connectivity index (χ1) is 23.3. The molecular formula is C44H26N2O. The van der Waals surface area contributed by atoms with Crippen LogP contribution in [0.5, 0.6) is 0 Å². The number of para-hydroxylation sites is 2. The number of aromatic nitrogens is 2. The Labute approximate surface area is 270 Å². The molecule has 7 aromatic carbocycles. The number of hydrogen-bond donors (Lipinski definition) is 0. The molecule has 0 unspecified atom stereocenters. The van der Waals surface area contributed by atoms with Gasteiger partial charge in [-0.2, -0.15) is 0 Å². The van der Waals surface area contributed by atoms with Gasteiger partial charge in [0.05, 0.1) is 22.4 Å². The van der Waals surface area contributed by atoms with Crippen molar-refractivity contribution in [1.82, 2.24) is 9.97 Å². The first-order valence-corrected chi connectivity index (χ1v) is 15.9. The van der Waals surface area contributed by atoms with Crippen LogP contribution in [0.3, 0.4) is 0 Å². The highest BCUT2D eigenvalue weighted by Crippen LogP contribution is 2.38. The van der Waals surface area contributed by atoms with Crippen molar-refractivity contribution in [2.24, 2.45) is 0 Å². The lowest BCUT2D eigenvalue weighted by Gasteiger charge is -2.10.